The van der Waals surface area contributed by atoms with E-state index in [1.165, 1.54) is 7.11 Å². The van der Waals surface area contributed by atoms with E-state index in [4.69, 9.17) is 4.74 Å². The molecule has 0 amide bonds. The first-order valence-electron chi connectivity index (χ1n) is 5.03. The molecule has 0 aromatic heterocycles. The Morgan fingerprint density at radius 3 is 2.62 bits per heavy atom. The monoisotopic (exact) mass is 287 g/mol. The van der Waals surface area contributed by atoms with Crippen LogP contribution in [-0.4, -0.2) is 12.0 Å². The summed E-state index contributed by atoms with van der Waals surface area (Å²) in [5, 5.41) is 11.1. The molecule has 0 unspecified atom stereocenters. The van der Waals surface area contributed by atoms with Gasteiger partial charge < -0.3 is 4.74 Å². The average Bonchev–Trinajstić information content (AvgIpc) is 2.23. The molecular formula is C11H14BrNO3. The van der Waals surface area contributed by atoms with Crippen molar-refractivity contribution in [1.29, 1.82) is 0 Å². The highest BCUT2D eigenvalue weighted by atomic mass is 79.9. The van der Waals surface area contributed by atoms with Crippen molar-refractivity contribution in [3.05, 3.63) is 31.8 Å². The molecule has 0 bridgehead atoms. The third kappa shape index (κ3) is 2.35. The molecule has 0 aliphatic carbocycles. The van der Waals surface area contributed by atoms with Gasteiger partial charge in [-0.3, -0.25) is 10.1 Å². The number of rotatable bonds is 4. The van der Waals surface area contributed by atoms with Crippen LogP contribution < -0.4 is 4.74 Å². The summed E-state index contributed by atoms with van der Waals surface area (Å²) >= 11 is 3.31. The predicted molar refractivity (Wildman–Crippen MR) is 66.1 cm³/mol. The molecule has 4 nitrogen and oxygen atoms in total. The molecule has 0 N–H and O–H groups in total. The lowest BCUT2D eigenvalue weighted by Gasteiger charge is -2.11. The number of nitro benzene ring substituents is 1. The zero-order valence-electron chi connectivity index (χ0n) is 9.54. The fourth-order valence-electron chi connectivity index (χ4n) is 1.69. The Balaban J connectivity index is 3.50. The molecule has 0 fully saturated rings. The van der Waals surface area contributed by atoms with Gasteiger partial charge in [0.1, 0.15) is 5.75 Å². The van der Waals surface area contributed by atoms with Crippen LogP contribution in [0.15, 0.2) is 10.5 Å². The number of ether oxygens (including phenoxy) is 1. The van der Waals surface area contributed by atoms with E-state index in [-0.39, 0.29) is 10.6 Å². The van der Waals surface area contributed by atoms with Gasteiger partial charge in [-0.15, -0.1) is 0 Å². The topological polar surface area (TPSA) is 52.4 Å². The highest BCUT2D eigenvalue weighted by molar-refractivity contribution is 9.10. The maximum Gasteiger partial charge on any atom is 0.280 e. The Kier molecular flexibility index (Phi) is 4.29. The van der Waals surface area contributed by atoms with E-state index in [2.05, 4.69) is 15.9 Å². The minimum absolute atomic E-state index is 0.160. The Hall–Kier alpha value is -1.10. The summed E-state index contributed by atoms with van der Waals surface area (Å²) in [5.74, 6) is 0.575. The molecule has 16 heavy (non-hydrogen) atoms. The van der Waals surface area contributed by atoms with E-state index in [1.54, 1.807) is 13.0 Å². The quantitative estimate of drug-likeness (QED) is 0.628. The molecule has 0 saturated carbocycles. The van der Waals surface area contributed by atoms with Crippen molar-refractivity contribution in [2.45, 2.75) is 26.7 Å². The summed E-state index contributed by atoms with van der Waals surface area (Å²) in [7, 11) is 1.53. The number of methoxy groups -OCH3 is 1. The van der Waals surface area contributed by atoms with E-state index < -0.39 is 0 Å². The van der Waals surface area contributed by atoms with Crippen LogP contribution in [0.5, 0.6) is 5.75 Å². The largest absolute Gasteiger partial charge is 0.496 e. The number of halogens is 1. The van der Waals surface area contributed by atoms with Gasteiger partial charge in [-0.05, 0) is 19.4 Å². The van der Waals surface area contributed by atoms with Gasteiger partial charge in [0, 0.05) is 10.0 Å². The summed E-state index contributed by atoms with van der Waals surface area (Å²) in [4.78, 5) is 10.7. The van der Waals surface area contributed by atoms with Crippen LogP contribution in [0.4, 0.5) is 5.69 Å². The van der Waals surface area contributed by atoms with E-state index in [0.717, 1.165) is 6.42 Å². The van der Waals surface area contributed by atoms with Crippen LogP contribution in [0.1, 0.15) is 24.5 Å². The second-order valence-electron chi connectivity index (χ2n) is 3.52. The first kappa shape index (κ1) is 13.0. The van der Waals surface area contributed by atoms with E-state index in [0.29, 0.717) is 27.8 Å². The number of hydrogen-bond acceptors (Lipinski definition) is 3. The lowest BCUT2D eigenvalue weighted by atomic mass is 10.0. The summed E-state index contributed by atoms with van der Waals surface area (Å²) in [5.41, 5.74) is 1.48. The maximum atomic E-state index is 11.1. The summed E-state index contributed by atoms with van der Waals surface area (Å²) < 4.78 is 5.89. The molecule has 0 radical (unpaired) electrons. The molecular weight excluding hydrogens is 274 g/mol. The van der Waals surface area contributed by atoms with Gasteiger partial charge in [0.25, 0.3) is 5.69 Å². The van der Waals surface area contributed by atoms with Gasteiger partial charge in [0.05, 0.1) is 17.6 Å². The first-order chi connectivity index (χ1) is 7.52. The fraction of sp³-hybridized carbons (Fsp3) is 0.455. The maximum absolute atomic E-state index is 11.1. The Morgan fingerprint density at radius 2 is 2.19 bits per heavy atom. The van der Waals surface area contributed by atoms with Gasteiger partial charge in [-0.1, -0.05) is 29.3 Å². The number of benzene rings is 1. The molecule has 0 atom stereocenters. The third-order valence-corrected chi connectivity index (χ3v) is 3.28. The van der Waals surface area contributed by atoms with Gasteiger partial charge in [0.2, 0.25) is 0 Å². The van der Waals surface area contributed by atoms with E-state index in [9.17, 15) is 10.1 Å². The summed E-state index contributed by atoms with van der Waals surface area (Å²) in [6.07, 6.45) is 1.49. The normalized spacial score (nSPS) is 10.2. The highest BCUT2D eigenvalue weighted by Gasteiger charge is 2.23. The van der Waals surface area contributed by atoms with Gasteiger partial charge >= 0.3 is 0 Å². The van der Waals surface area contributed by atoms with Gasteiger partial charge in [0.15, 0.2) is 0 Å². The van der Waals surface area contributed by atoms with Crippen LogP contribution in [0.2, 0.25) is 0 Å². The minimum Gasteiger partial charge on any atom is -0.496 e. The predicted octanol–water partition coefficient (Wildman–Crippen LogP) is 3.63. The lowest BCUT2D eigenvalue weighted by Crippen LogP contribution is -2.02. The summed E-state index contributed by atoms with van der Waals surface area (Å²) in [6.45, 7) is 3.72. The Labute approximate surface area is 103 Å². The number of hydrogen-bond donors (Lipinski definition) is 0. The van der Waals surface area contributed by atoms with Crippen LogP contribution >= 0.6 is 15.9 Å². The number of nitrogens with zero attached hydrogens (tertiary/aromatic N) is 1. The van der Waals surface area contributed by atoms with Crippen LogP contribution in [0.25, 0.3) is 0 Å². The van der Waals surface area contributed by atoms with Gasteiger partial charge in [-0.2, -0.15) is 0 Å². The standard InChI is InChI=1S/C11H14BrNO3/c1-4-5-8-10(16-3)6-9(12)7(2)11(8)13(14)15/h6H,4-5H2,1-3H3. The van der Waals surface area contributed by atoms with Crippen molar-refractivity contribution in [3.8, 4) is 5.75 Å². The molecule has 1 rings (SSSR count). The lowest BCUT2D eigenvalue weighted by molar-refractivity contribution is -0.386. The van der Waals surface area contributed by atoms with Gasteiger partial charge in [-0.25, -0.2) is 0 Å². The molecule has 5 heteroatoms. The fourth-order valence-corrected chi connectivity index (χ4v) is 2.08. The average molecular weight is 288 g/mol. The van der Waals surface area contributed by atoms with E-state index in [1.807, 2.05) is 6.92 Å². The smallest absolute Gasteiger partial charge is 0.280 e. The van der Waals surface area contributed by atoms with Crippen LogP contribution in [-0.2, 0) is 6.42 Å². The van der Waals surface area contributed by atoms with Crippen molar-refractivity contribution in [2.75, 3.05) is 7.11 Å². The number of nitro groups is 1. The second-order valence-corrected chi connectivity index (χ2v) is 4.37. The molecule has 0 spiro atoms. The first-order valence-corrected chi connectivity index (χ1v) is 5.82. The van der Waals surface area contributed by atoms with Crippen molar-refractivity contribution >= 4 is 21.6 Å². The van der Waals surface area contributed by atoms with E-state index >= 15 is 0 Å². The minimum atomic E-state index is -0.340. The highest BCUT2D eigenvalue weighted by Crippen LogP contribution is 2.37. The zero-order valence-corrected chi connectivity index (χ0v) is 11.1. The van der Waals surface area contributed by atoms with Crippen molar-refractivity contribution < 1.29 is 9.66 Å². The molecule has 1 aromatic carbocycles. The second kappa shape index (κ2) is 5.30. The van der Waals surface area contributed by atoms with Crippen LogP contribution in [0.3, 0.4) is 0 Å². The van der Waals surface area contributed by atoms with Crippen molar-refractivity contribution in [1.82, 2.24) is 0 Å². The molecule has 0 saturated heterocycles. The van der Waals surface area contributed by atoms with Crippen molar-refractivity contribution in [2.24, 2.45) is 0 Å². The molecule has 0 heterocycles. The SMILES string of the molecule is CCCc1c(OC)cc(Br)c(C)c1[N+](=O)[O-]. The Morgan fingerprint density at radius 1 is 1.56 bits per heavy atom. The van der Waals surface area contributed by atoms with Crippen molar-refractivity contribution in [3.63, 3.8) is 0 Å². The molecule has 0 aliphatic rings. The zero-order chi connectivity index (χ0) is 12.3. The third-order valence-electron chi connectivity index (χ3n) is 2.46. The molecule has 1 aromatic rings. The van der Waals surface area contributed by atoms with Crippen LogP contribution in [0, 0.1) is 17.0 Å². The molecule has 0 aliphatic heterocycles. The summed E-state index contributed by atoms with van der Waals surface area (Å²) in [6, 6.07) is 1.79. The Bertz CT molecular complexity index is 418. The molecule has 88 valence electrons.